The molecule has 0 radical (unpaired) electrons. The maximum absolute atomic E-state index is 10.9. The van der Waals surface area contributed by atoms with E-state index in [9.17, 15) is 9.59 Å². The molecule has 0 saturated carbocycles. The average molecular weight is 280 g/mol. The van der Waals surface area contributed by atoms with Crippen LogP contribution < -0.4 is 0 Å². The minimum Gasteiger partial charge on any atom is -0.477 e. The molecule has 1 aromatic carbocycles. The summed E-state index contributed by atoms with van der Waals surface area (Å²) in [6.45, 7) is 6.11. The number of carboxylic acids is 2. The van der Waals surface area contributed by atoms with E-state index in [0.29, 0.717) is 5.56 Å². The van der Waals surface area contributed by atoms with E-state index in [1.165, 1.54) is 6.08 Å². The first-order valence-electron chi connectivity index (χ1n) is 5.67. The second-order valence-electron chi connectivity index (χ2n) is 4.92. The van der Waals surface area contributed by atoms with E-state index < -0.39 is 17.5 Å². The minimum atomic E-state index is -1.44. The Balaban J connectivity index is 3.24. The molecule has 19 heavy (non-hydrogen) atoms. The third-order valence-corrected chi connectivity index (χ3v) is 3.30. The Morgan fingerprint density at radius 3 is 2.11 bits per heavy atom. The molecule has 0 bridgehead atoms. The highest BCUT2D eigenvalue weighted by atomic mass is 32.2. The van der Waals surface area contributed by atoms with Crippen molar-refractivity contribution in [3.8, 4) is 0 Å². The van der Waals surface area contributed by atoms with Gasteiger partial charge in [0, 0.05) is 9.64 Å². The third-order valence-electron chi connectivity index (χ3n) is 2.10. The van der Waals surface area contributed by atoms with E-state index >= 15 is 0 Å². The molecule has 0 aliphatic rings. The summed E-state index contributed by atoms with van der Waals surface area (Å²) in [7, 11) is 0. The highest BCUT2D eigenvalue weighted by Crippen LogP contribution is 2.34. The summed E-state index contributed by atoms with van der Waals surface area (Å²) in [5, 5.41) is 17.7. The van der Waals surface area contributed by atoms with Crippen molar-refractivity contribution in [2.24, 2.45) is 0 Å². The fraction of sp³-hybridized carbons (Fsp3) is 0.286. The predicted molar refractivity (Wildman–Crippen MR) is 75.3 cm³/mol. The minimum absolute atomic E-state index is 0.0451. The van der Waals surface area contributed by atoms with Crippen molar-refractivity contribution >= 4 is 29.8 Å². The molecule has 0 aliphatic heterocycles. The molecule has 1 rings (SSSR count). The van der Waals surface area contributed by atoms with Gasteiger partial charge in [0.25, 0.3) is 0 Å². The van der Waals surface area contributed by atoms with Gasteiger partial charge in [0.05, 0.1) is 0 Å². The number of rotatable bonds is 4. The van der Waals surface area contributed by atoms with Crippen LogP contribution >= 0.6 is 11.8 Å². The first kappa shape index (κ1) is 15.3. The second-order valence-corrected chi connectivity index (χ2v) is 6.79. The molecule has 102 valence electrons. The monoisotopic (exact) mass is 280 g/mol. The number of carbonyl (C=O) groups is 2. The summed E-state index contributed by atoms with van der Waals surface area (Å²) in [4.78, 5) is 22.6. The molecule has 0 aromatic heterocycles. The molecule has 0 aliphatic carbocycles. The van der Waals surface area contributed by atoms with Gasteiger partial charge < -0.3 is 10.2 Å². The summed E-state index contributed by atoms with van der Waals surface area (Å²) in [6, 6.07) is 7.15. The van der Waals surface area contributed by atoms with Gasteiger partial charge in [0.15, 0.2) is 0 Å². The highest BCUT2D eigenvalue weighted by molar-refractivity contribution is 8.00. The van der Waals surface area contributed by atoms with Gasteiger partial charge in [-0.2, -0.15) is 0 Å². The van der Waals surface area contributed by atoms with Crippen LogP contribution in [-0.4, -0.2) is 26.9 Å². The van der Waals surface area contributed by atoms with Crippen molar-refractivity contribution < 1.29 is 19.8 Å². The molecular formula is C14H16O4S. The molecule has 0 unspecified atom stereocenters. The Morgan fingerprint density at radius 2 is 1.63 bits per heavy atom. The average Bonchev–Trinajstić information content (AvgIpc) is 2.24. The van der Waals surface area contributed by atoms with E-state index in [-0.39, 0.29) is 4.75 Å². The third kappa shape index (κ3) is 4.79. The molecule has 0 atom stereocenters. The molecular weight excluding hydrogens is 264 g/mol. The molecule has 4 nitrogen and oxygen atoms in total. The fourth-order valence-corrected chi connectivity index (χ4v) is 2.44. The number of hydrogen-bond donors (Lipinski definition) is 2. The lowest BCUT2D eigenvalue weighted by atomic mass is 10.1. The molecule has 0 spiro atoms. The Hall–Kier alpha value is -1.75. The lowest BCUT2D eigenvalue weighted by molar-refractivity contribution is -0.140. The Labute approximate surface area is 116 Å². The highest BCUT2D eigenvalue weighted by Gasteiger charge is 2.18. The van der Waals surface area contributed by atoms with E-state index in [1.807, 2.05) is 32.9 Å². The largest absolute Gasteiger partial charge is 0.477 e. The number of thioether (sulfide) groups is 1. The molecule has 0 heterocycles. The van der Waals surface area contributed by atoms with E-state index in [0.717, 1.165) is 4.90 Å². The number of hydrogen-bond acceptors (Lipinski definition) is 3. The first-order chi connectivity index (χ1) is 8.70. The molecule has 2 N–H and O–H groups in total. The number of aliphatic carboxylic acids is 2. The maximum Gasteiger partial charge on any atom is 0.343 e. The Kier molecular flexibility index (Phi) is 4.78. The zero-order valence-electron chi connectivity index (χ0n) is 11.0. The van der Waals surface area contributed by atoms with Crippen molar-refractivity contribution in [3.63, 3.8) is 0 Å². The first-order valence-corrected chi connectivity index (χ1v) is 6.48. The maximum atomic E-state index is 10.9. The van der Waals surface area contributed by atoms with Crippen molar-refractivity contribution in [2.75, 3.05) is 0 Å². The van der Waals surface area contributed by atoms with Gasteiger partial charge in [-0.25, -0.2) is 9.59 Å². The number of benzene rings is 1. The fourth-order valence-electron chi connectivity index (χ4n) is 1.39. The van der Waals surface area contributed by atoms with Crippen molar-refractivity contribution in [1.29, 1.82) is 0 Å². The summed E-state index contributed by atoms with van der Waals surface area (Å²) < 4.78 is -0.0451. The summed E-state index contributed by atoms with van der Waals surface area (Å²) in [5.41, 5.74) is -0.0378. The van der Waals surface area contributed by atoms with Gasteiger partial charge in [-0.15, -0.1) is 11.8 Å². The van der Waals surface area contributed by atoms with Crippen LogP contribution in [0.1, 0.15) is 26.3 Å². The van der Waals surface area contributed by atoms with E-state index in [1.54, 1.807) is 23.9 Å². The van der Waals surface area contributed by atoms with Crippen LogP contribution in [0.15, 0.2) is 34.7 Å². The molecule has 1 aromatic rings. The van der Waals surface area contributed by atoms with Crippen LogP contribution in [0.3, 0.4) is 0 Å². The van der Waals surface area contributed by atoms with E-state index in [2.05, 4.69) is 0 Å². The zero-order valence-corrected chi connectivity index (χ0v) is 11.8. The van der Waals surface area contributed by atoms with Crippen LogP contribution in [0.25, 0.3) is 6.08 Å². The zero-order chi connectivity index (χ0) is 14.6. The van der Waals surface area contributed by atoms with E-state index in [4.69, 9.17) is 10.2 Å². The van der Waals surface area contributed by atoms with Crippen molar-refractivity contribution in [3.05, 3.63) is 35.4 Å². The van der Waals surface area contributed by atoms with Crippen LogP contribution in [0.2, 0.25) is 0 Å². The van der Waals surface area contributed by atoms with Crippen LogP contribution in [0.4, 0.5) is 0 Å². The molecule has 0 saturated heterocycles. The summed E-state index contributed by atoms with van der Waals surface area (Å²) in [5.74, 6) is -2.88. The smallest absolute Gasteiger partial charge is 0.343 e. The van der Waals surface area contributed by atoms with Gasteiger partial charge >= 0.3 is 11.9 Å². The standard InChI is InChI=1S/C14H16O4S/c1-14(2,3)19-11-7-5-4-6-9(11)8-10(12(15)16)13(17)18/h4-8H,1-3H3,(H,15,16)(H,17,18). The normalized spacial score (nSPS) is 10.9. The van der Waals surface area contributed by atoms with Crippen molar-refractivity contribution in [2.45, 2.75) is 30.4 Å². The van der Waals surface area contributed by atoms with Crippen LogP contribution in [0, 0.1) is 0 Å². The quantitative estimate of drug-likeness (QED) is 0.383. The second kappa shape index (κ2) is 5.93. The lowest BCUT2D eigenvalue weighted by Crippen LogP contribution is -2.11. The summed E-state index contributed by atoms with van der Waals surface area (Å²) >= 11 is 1.56. The molecule has 0 amide bonds. The topological polar surface area (TPSA) is 74.6 Å². The van der Waals surface area contributed by atoms with Gasteiger partial charge in [-0.05, 0) is 17.7 Å². The van der Waals surface area contributed by atoms with Gasteiger partial charge in [0.2, 0.25) is 0 Å². The van der Waals surface area contributed by atoms with Gasteiger partial charge in [-0.3, -0.25) is 0 Å². The Bertz CT molecular complexity index is 510. The van der Waals surface area contributed by atoms with Gasteiger partial charge in [-0.1, -0.05) is 39.0 Å². The molecule has 0 fully saturated rings. The van der Waals surface area contributed by atoms with Gasteiger partial charge in [0.1, 0.15) is 5.57 Å². The van der Waals surface area contributed by atoms with Crippen LogP contribution in [0.5, 0.6) is 0 Å². The SMILES string of the molecule is CC(C)(C)Sc1ccccc1C=C(C(=O)O)C(=O)O. The predicted octanol–water partition coefficient (Wildman–Crippen LogP) is 3.13. The van der Waals surface area contributed by atoms with Crippen molar-refractivity contribution in [1.82, 2.24) is 0 Å². The van der Waals surface area contributed by atoms with Crippen LogP contribution in [-0.2, 0) is 9.59 Å². The summed E-state index contributed by atoms with van der Waals surface area (Å²) in [6.07, 6.45) is 1.19. The molecule has 5 heteroatoms. The number of carboxylic acid groups (broad SMARTS) is 2. The Morgan fingerprint density at radius 1 is 1.11 bits per heavy atom. The lowest BCUT2D eigenvalue weighted by Gasteiger charge is -2.19.